The van der Waals surface area contributed by atoms with Crippen molar-refractivity contribution in [2.45, 2.75) is 12.5 Å². The van der Waals surface area contributed by atoms with Gasteiger partial charge in [-0.2, -0.15) is 0 Å². The number of pyridine rings is 1. The third-order valence-electron chi connectivity index (χ3n) is 5.44. The van der Waals surface area contributed by atoms with Gasteiger partial charge in [-0.15, -0.1) is 0 Å². The average Bonchev–Trinajstić information content (AvgIpc) is 3.22. The molecule has 1 aromatic heterocycles. The molecule has 2 fully saturated rings. The second kappa shape index (κ2) is 9.48. The molecule has 0 saturated carbocycles. The first-order valence-electron chi connectivity index (χ1n) is 10.4. The predicted molar refractivity (Wildman–Crippen MR) is 124 cm³/mol. The number of imide groups is 2. The minimum absolute atomic E-state index is 0.0172. The molecule has 34 heavy (non-hydrogen) atoms. The van der Waals surface area contributed by atoms with Gasteiger partial charge in [-0.05, 0) is 42.0 Å². The molecule has 0 aliphatic carbocycles. The molecule has 6 amide bonds. The molecule has 0 spiro atoms. The summed E-state index contributed by atoms with van der Waals surface area (Å²) in [5, 5.41) is 4.75. The number of rotatable bonds is 7. The van der Waals surface area contributed by atoms with E-state index in [9.17, 15) is 24.0 Å². The van der Waals surface area contributed by atoms with E-state index in [0.29, 0.717) is 11.1 Å². The molecule has 1 atom stereocenters. The SMILES string of the molecule is C[C@@]1(c2ccccc2)NC(=O)N(CC(=O)NCCN2C(=O)S/C(=C\c3cccnc3)C2=O)C1=O. The van der Waals surface area contributed by atoms with Crippen LogP contribution in [0, 0.1) is 0 Å². The summed E-state index contributed by atoms with van der Waals surface area (Å²) in [6.45, 7) is 1.05. The van der Waals surface area contributed by atoms with E-state index in [0.717, 1.165) is 21.6 Å². The Balaban J connectivity index is 1.31. The number of aromatic nitrogens is 1. The molecule has 2 aliphatic heterocycles. The van der Waals surface area contributed by atoms with Crippen LogP contribution in [0.4, 0.5) is 9.59 Å². The third-order valence-corrected chi connectivity index (χ3v) is 6.35. The highest BCUT2D eigenvalue weighted by atomic mass is 32.2. The van der Waals surface area contributed by atoms with Gasteiger partial charge >= 0.3 is 6.03 Å². The van der Waals surface area contributed by atoms with Gasteiger partial charge in [0.15, 0.2) is 0 Å². The number of benzene rings is 1. The van der Waals surface area contributed by atoms with Crippen LogP contribution in [-0.4, -0.2) is 63.4 Å². The van der Waals surface area contributed by atoms with Gasteiger partial charge < -0.3 is 10.6 Å². The van der Waals surface area contributed by atoms with Crippen LogP contribution in [0.1, 0.15) is 18.1 Å². The van der Waals surface area contributed by atoms with E-state index in [1.54, 1.807) is 67.9 Å². The summed E-state index contributed by atoms with van der Waals surface area (Å²) in [4.78, 5) is 68.5. The summed E-state index contributed by atoms with van der Waals surface area (Å²) in [5.74, 6) is -1.58. The maximum absolute atomic E-state index is 12.9. The molecule has 2 saturated heterocycles. The van der Waals surface area contributed by atoms with Gasteiger partial charge in [0.05, 0.1) is 4.91 Å². The Labute approximate surface area is 199 Å². The van der Waals surface area contributed by atoms with Crippen molar-refractivity contribution in [2.24, 2.45) is 0 Å². The van der Waals surface area contributed by atoms with Crippen LogP contribution in [0.15, 0.2) is 59.8 Å². The van der Waals surface area contributed by atoms with Crippen LogP contribution >= 0.6 is 11.8 Å². The molecule has 0 unspecified atom stereocenters. The quantitative estimate of drug-likeness (QED) is 0.457. The average molecular weight is 480 g/mol. The van der Waals surface area contributed by atoms with E-state index in [1.807, 2.05) is 0 Å². The van der Waals surface area contributed by atoms with Crippen molar-refractivity contribution in [1.29, 1.82) is 0 Å². The lowest BCUT2D eigenvalue weighted by Crippen LogP contribution is -2.44. The van der Waals surface area contributed by atoms with Crippen LogP contribution in [0.25, 0.3) is 6.08 Å². The van der Waals surface area contributed by atoms with Crippen molar-refractivity contribution in [2.75, 3.05) is 19.6 Å². The largest absolute Gasteiger partial charge is 0.353 e. The molecule has 2 aliphatic rings. The standard InChI is InChI=1S/C23H21N5O5S/c1-23(16-7-3-2-4-8-16)20(31)28(21(32)26-23)14-18(29)25-10-11-27-19(30)17(34-22(27)33)12-15-6-5-9-24-13-15/h2-9,12-13H,10-11,14H2,1H3,(H,25,29)(H,26,32)/b17-12-/t23-/m0/s1. The first-order valence-corrected chi connectivity index (χ1v) is 11.2. The topological polar surface area (TPSA) is 129 Å². The maximum Gasteiger partial charge on any atom is 0.325 e. The first-order chi connectivity index (χ1) is 16.3. The fraction of sp³-hybridized carbons (Fsp3) is 0.217. The summed E-state index contributed by atoms with van der Waals surface area (Å²) >= 11 is 0.812. The molecule has 2 aromatic rings. The molecule has 2 N–H and O–H groups in total. The number of hydrogen-bond acceptors (Lipinski definition) is 7. The number of nitrogens with zero attached hydrogens (tertiary/aromatic N) is 3. The normalized spacial score (nSPS) is 21.4. The number of urea groups is 1. The summed E-state index contributed by atoms with van der Waals surface area (Å²) in [6, 6.07) is 11.6. The Morgan fingerprint density at radius 3 is 2.59 bits per heavy atom. The molecule has 1 aromatic carbocycles. The Kier molecular flexibility index (Phi) is 6.46. The monoisotopic (exact) mass is 479 g/mol. The summed E-state index contributed by atoms with van der Waals surface area (Å²) in [6.07, 6.45) is 4.76. The number of carbonyl (C=O) groups is 5. The zero-order chi connectivity index (χ0) is 24.3. The van der Waals surface area contributed by atoms with Gasteiger partial charge in [0.1, 0.15) is 12.1 Å². The predicted octanol–water partition coefficient (Wildman–Crippen LogP) is 1.70. The van der Waals surface area contributed by atoms with Gasteiger partial charge in [0.25, 0.3) is 17.1 Å². The highest BCUT2D eigenvalue weighted by Gasteiger charge is 2.49. The zero-order valence-corrected chi connectivity index (χ0v) is 19.0. The number of thioether (sulfide) groups is 1. The summed E-state index contributed by atoms with van der Waals surface area (Å²) < 4.78 is 0. The summed E-state index contributed by atoms with van der Waals surface area (Å²) in [5.41, 5.74) is 0.0358. The van der Waals surface area contributed by atoms with Gasteiger partial charge in [-0.3, -0.25) is 34.0 Å². The van der Waals surface area contributed by atoms with Crippen molar-refractivity contribution >= 4 is 46.8 Å². The molecular weight excluding hydrogens is 458 g/mol. The zero-order valence-electron chi connectivity index (χ0n) is 18.2. The number of carbonyl (C=O) groups excluding carboxylic acids is 5. The molecular formula is C23H21N5O5S. The van der Waals surface area contributed by atoms with E-state index in [4.69, 9.17) is 0 Å². The van der Waals surface area contributed by atoms with Crippen molar-refractivity contribution < 1.29 is 24.0 Å². The Morgan fingerprint density at radius 1 is 1.12 bits per heavy atom. The van der Waals surface area contributed by atoms with Gasteiger partial charge in [-0.1, -0.05) is 36.4 Å². The Hall–Kier alpha value is -3.99. The lowest BCUT2D eigenvalue weighted by atomic mass is 9.92. The first kappa shape index (κ1) is 23.2. The fourth-order valence-electron chi connectivity index (χ4n) is 3.62. The van der Waals surface area contributed by atoms with Crippen LogP contribution < -0.4 is 10.6 Å². The molecule has 11 heteroatoms. The smallest absolute Gasteiger partial charge is 0.325 e. The number of nitrogens with one attached hydrogen (secondary N) is 2. The summed E-state index contributed by atoms with van der Waals surface area (Å²) in [7, 11) is 0. The molecule has 3 heterocycles. The third kappa shape index (κ3) is 4.55. The van der Waals surface area contributed by atoms with Crippen LogP contribution in [0.2, 0.25) is 0 Å². The highest BCUT2D eigenvalue weighted by molar-refractivity contribution is 8.18. The van der Waals surface area contributed by atoms with Crippen molar-refractivity contribution in [3.63, 3.8) is 0 Å². The molecule has 10 nitrogen and oxygen atoms in total. The molecule has 0 bridgehead atoms. The van der Waals surface area contributed by atoms with E-state index >= 15 is 0 Å². The van der Waals surface area contributed by atoms with E-state index in [2.05, 4.69) is 15.6 Å². The van der Waals surface area contributed by atoms with Crippen LogP contribution in [0.3, 0.4) is 0 Å². The highest BCUT2D eigenvalue weighted by Crippen LogP contribution is 2.32. The number of amides is 6. The Morgan fingerprint density at radius 2 is 1.88 bits per heavy atom. The van der Waals surface area contributed by atoms with Crippen LogP contribution in [-0.2, 0) is 19.9 Å². The second-order valence-corrected chi connectivity index (χ2v) is 8.78. The van der Waals surface area contributed by atoms with Crippen LogP contribution in [0.5, 0.6) is 0 Å². The molecule has 4 rings (SSSR count). The second-order valence-electron chi connectivity index (χ2n) is 7.78. The minimum atomic E-state index is -1.26. The maximum atomic E-state index is 12.9. The lowest BCUT2D eigenvalue weighted by molar-refractivity contribution is -0.134. The van der Waals surface area contributed by atoms with Crippen molar-refractivity contribution in [3.8, 4) is 0 Å². The molecule has 174 valence electrons. The Bertz CT molecular complexity index is 1190. The van der Waals surface area contributed by atoms with Gasteiger partial charge in [0.2, 0.25) is 5.91 Å². The van der Waals surface area contributed by atoms with E-state index < -0.39 is 41.1 Å². The van der Waals surface area contributed by atoms with Gasteiger partial charge in [-0.25, -0.2) is 4.79 Å². The lowest BCUT2D eigenvalue weighted by Gasteiger charge is -2.22. The van der Waals surface area contributed by atoms with E-state index in [-0.39, 0.29) is 18.0 Å². The van der Waals surface area contributed by atoms with Gasteiger partial charge in [0, 0.05) is 25.5 Å². The number of hydrogen-bond donors (Lipinski definition) is 2. The van der Waals surface area contributed by atoms with E-state index in [1.165, 1.54) is 0 Å². The minimum Gasteiger partial charge on any atom is -0.353 e. The fourth-order valence-corrected chi connectivity index (χ4v) is 4.48. The van der Waals surface area contributed by atoms with Crippen molar-refractivity contribution in [3.05, 3.63) is 70.9 Å². The van der Waals surface area contributed by atoms with Crippen molar-refractivity contribution in [1.82, 2.24) is 25.4 Å². The molecule has 0 radical (unpaired) electrons.